The minimum Gasteiger partial charge on any atom is -0.337 e. The number of amides is 1. The van der Waals surface area contributed by atoms with E-state index in [0.29, 0.717) is 29.9 Å². The van der Waals surface area contributed by atoms with Crippen LogP contribution in [0.15, 0.2) is 6.20 Å². The number of H-pyrrole nitrogens is 2. The molecule has 2 aromatic rings. The number of nitrogens with zero attached hydrogens (tertiary/aromatic N) is 4. The van der Waals surface area contributed by atoms with Crippen molar-refractivity contribution in [3.8, 4) is 0 Å². The number of likely N-dealkylation sites (tertiary alicyclic amines) is 1. The zero-order valence-corrected chi connectivity index (χ0v) is 14.4. The summed E-state index contributed by atoms with van der Waals surface area (Å²) in [5.74, 6) is 3.62. The van der Waals surface area contributed by atoms with Crippen molar-refractivity contribution in [2.45, 2.75) is 45.4 Å². The maximum Gasteiger partial charge on any atom is 0.257 e. The summed E-state index contributed by atoms with van der Waals surface area (Å²) in [6.07, 6.45) is 4.15. The maximum atomic E-state index is 12.8. The van der Waals surface area contributed by atoms with Gasteiger partial charge in [0, 0.05) is 30.6 Å². The maximum absolute atomic E-state index is 12.8. The molecule has 2 atom stereocenters. The molecule has 0 unspecified atom stereocenters. The number of aromatic amines is 2. The van der Waals surface area contributed by atoms with E-state index in [0.717, 1.165) is 23.9 Å². The molecule has 0 radical (unpaired) electrons. The highest BCUT2D eigenvalue weighted by molar-refractivity contribution is 5.95. The minimum atomic E-state index is 0.0676. The SMILES string of the molecule is Cc1[nH]ncc1C(=O)N1C[C@H](c2nc(C(C)C)n[nH]2)[C@@H](C2CC2)C1. The minimum absolute atomic E-state index is 0.0676. The topological polar surface area (TPSA) is 90.6 Å². The largest absolute Gasteiger partial charge is 0.337 e. The Morgan fingerprint density at radius 3 is 2.67 bits per heavy atom. The third-order valence-corrected chi connectivity index (χ3v) is 5.33. The molecule has 2 fully saturated rings. The fraction of sp³-hybridized carbons (Fsp3) is 0.647. The zero-order valence-electron chi connectivity index (χ0n) is 14.4. The highest BCUT2D eigenvalue weighted by atomic mass is 16.2. The highest BCUT2D eigenvalue weighted by Gasteiger charge is 2.46. The first-order chi connectivity index (χ1) is 11.5. The molecule has 2 N–H and O–H groups in total. The van der Waals surface area contributed by atoms with E-state index < -0.39 is 0 Å². The predicted octanol–water partition coefficient (Wildman–Crippen LogP) is 2.23. The summed E-state index contributed by atoms with van der Waals surface area (Å²) in [4.78, 5) is 19.5. The molecule has 0 aromatic carbocycles. The third kappa shape index (κ3) is 2.61. The van der Waals surface area contributed by atoms with Crippen LogP contribution in [0.5, 0.6) is 0 Å². The van der Waals surface area contributed by atoms with Crippen molar-refractivity contribution in [3.05, 3.63) is 29.1 Å². The molecule has 4 rings (SSSR count). The molecule has 7 nitrogen and oxygen atoms in total. The Morgan fingerprint density at radius 1 is 1.29 bits per heavy atom. The average Bonchev–Trinajstić information content (AvgIpc) is 2.99. The second kappa shape index (κ2) is 5.72. The van der Waals surface area contributed by atoms with Crippen LogP contribution < -0.4 is 0 Å². The normalized spacial score (nSPS) is 24.1. The first-order valence-corrected chi connectivity index (χ1v) is 8.76. The van der Waals surface area contributed by atoms with Crippen molar-refractivity contribution in [1.82, 2.24) is 30.3 Å². The summed E-state index contributed by atoms with van der Waals surface area (Å²) < 4.78 is 0. The lowest BCUT2D eigenvalue weighted by Crippen LogP contribution is -2.29. The Kier molecular flexibility index (Phi) is 3.66. The van der Waals surface area contributed by atoms with E-state index in [4.69, 9.17) is 4.98 Å². The lowest BCUT2D eigenvalue weighted by Gasteiger charge is -2.15. The molecule has 0 bridgehead atoms. The molecule has 128 valence electrons. The van der Waals surface area contributed by atoms with Gasteiger partial charge in [-0.3, -0.25) is 15.0 Å². The fourth-order valence-electron chi connectivity index (χ4n) is 3.73. The van der Waals surface area contributed by atoms with Crippen LogP contribution in [0.2, 0.25) is 0 Å². The van der Waals surface area contributed by atoms with Gasteiger partial charge in [-0.15, -0.1) is 0 Å². The van der Waals surface area contributed by atoms with Crippen molar-refractivity contribution < 1.29 is 4.79 Å². The van der Waals surface area contributed by atoms with Crippen LogP contribution in [-0.4, -0.2) is 49.3 Å². The smallest absolute Gasteiger partial charge is 0.257 e. The first kappa shape index (κ1) is 15.4. The van der Waals surface area contributed by atoms with Crippen molar-refractivity contribution in [1.29, 1.82) is 0 Å². The summed E-state index contributed by atoms with van der Waals surface area (Å²) >= 11 is 0. The van der Waals surface area contributed by atoms with Gasteiger partial charge in [-0.2, -0.15) is 10.2 Å². The number of aryl methyl sites for hydroxylation is 1. The van der Waals surface area contributed by atoms with Gasteiger partial charge < -0.3 is 4.90 Å². The van der Waals surface area contributed by atoms with Crippen molar-refractivity contribution >= 4 is 5.91 Å². The molecular formula is C17H24N6O. The molecular weight excluding hydrogens is 304 g/mol. The molecule has 3 heterocycles. The van der Waals surface area contributed by atoms with E-state index in [1.54, 1.807) is 6.20 Å². The Hall–Kier alpha value is -2.18. The number of carbonyl (C=O) groups is 1. The van der Waals surface area contributed by atoms with E-state index in [9.17, 15) is 4.79 Å². The van der Waals surface area contributed by atoms with Crippen molar-refractivity contribution in [3.63, 3.8) is 0 Å². The first-order valence-electron chi connectivity index (χ1n) is 8.76. The van der Waals surface area contributed by atoms with Crippen molar-refractivity contribution in [2.24, 2.45) is 11.8 Å². The van der Waals surface area contributed by atoms with E-state index in [1.165, 1.54) is 12.8 Å². The zero-order chi connectivity index (χ0) is 16.8. The van der Waals surface area contributed by atoms with Crippen LogP contribution in [0.1, 0.15) is 66.2 Å². The van der Waals surface area contributed by atoms with E-state index >= 15 is 0 Å². The summed E-state index contributed by atoms with van der Waals surface area (Å²) in [6.45, 7) is 7.58. The summed E-state index contributed by atoms with van der Waals surface area (Å²) in [5, 5.41) is 14.3. The number of aromatic nitrogens is 5. The highest BCUT2D eigenvalue weighted by Crippen LogP contribution is 2.47. The summed E-state index contributed by atoms with van der Waals surface area (Å²) in [7, 11) is 0. The van der Waals surface area contributed by atoms with E-state index in [2.05, 4.69) is 34.2 Å². The van der Waals surface area contributed by atoms with Crippen LogP contribution in [-0.2, 0) is 0 Å². The number of hydrogen-bond donors (Lipinski definition) is 2. The quantitative estimate of drug-likeness (QED) is 0.900. The standard InChI is InChI=1S/C17H24N6O/c1-9(2)15-19-16(22-21-15)14-8-23(7-13(14)11-4-5-11)17(24)12-6-18-20-10(12)3/h6,9,11,13-14H,4-5,7-8H2,1-3H3,(H,18,20)(H,19,21,22)/t13-,14+/m1/s1. The van der Waals surface area contributed by atoms with Gasteiger partial charge >= 0.3 is 0 Å². The van der Waals surface area contributed by atoms with Gasteiger partial charge in [0.2, 0.25) is 0 Å². The monoisotopic (exact) mass is 328 g/mol. The molecule has 0 spiro atoms. The van der Waals surface area contributed by atoms with Crippen LogP contribution >= 0.6 is 0 Å². The third-order valence-electron chi connectivity index (χ3n) is 5.33. The molecule has 1 saturated heterocycles. The van der Waals surface area contributed by atoms with Crippen LogP contribution in [0.3, 0.4) is 0 Å². The molecule has 1 aliphatic heterocycles. The Labute approximate surface area is 141 Å². The fourth-order valence-corrected chi connectivity index (χ4v) is 3.73. The van der Waals surface area contributed by atoms with Crippen LogP contribution in [0.4, 0.5) is 0 Å². The van der Waals surface area contributed by atoms with E-state index in [1.807, 2.05) is 11.8 Å². The number of carbonyl (C=O) groups excluding carboxylic acids is 1. The average molecular weight is 328 g/mol. The predicted molar refractivity (Wildman–Crippen MR) is 88.7 cm³/mol. The molecule has 1 saturated carbocycles. The molecule has 2 aliphatic rings. The Morgan fingerprint density at radius 2 is 2.08 bits per heavy atom. The second-order valence-electron chi connectivity index (χ2n) is 7.46. The molecule has 1 aliphatic carbocycles. The van der Waals surface area contributed by atoms with Crippen LogP contribution in [0.25, 0.3) is 0 Å². The number of rotatable bonds is 4. The Bertz CT molecular complexity index is 744. The van der Waals surface area contributed by atoms with Gasteiger partial charge in [0.25, 0.3) is 5.91 Å². The molecule has 7 heteroatoms. The molecule has 2 aromatic heterocycles. The van der Waals surface area contributed by atoms with Gasteiger partial charge in [-0.1, -0.05) is 13.8 Å². The van der Waals surface area contributed by atoms with Gasteiger partial charge in [-0.05, 0) is 31.6 Å². The lowest BCUT2D eigenvalue weighted by atomic mass is 9.91. The number of nitrogens with one attached hydrogen (secondary N) is 2. The van der Waals surface area contributed by atoms with Crippen molar-refractivity contribution in [2.75, 3.05) is 13.1 Å². The summed E-state index contributed by atoms with van der Waals surface area (Å²) in [5.41, 5.74) is 1.50. The molecule has 1 amide bonds. The van der Waals surface area contributed by atoms with Crippen LogP contribution in [0, 0.1) is 18.8 Å². The van der Waals surface area contributed by atoms with E-state index in [-0.39, 0.29) is 11.8 Å². The molecule has 24 heavy (non-hydrogen) atoms. The van der Waals surface area contributed by atoms with Gasteiger partial charge in [0.15, 0.2) is 5.82 Å². The second-order valence-corrected chi connectivity index (χ2v) is 7.46. The lowest BCUT2D eigenvalue weighted by molar-refractivity contribution is 0.0784. The Balaban J connectivity index is 1.57. The number of hydrogen-bond acceptors (Lipinski definition) is 4. The van der Waals surface area contributed by atoms with Gasteiger partial charge in [-0.25, -0.2) is 4.98 Å². The summed E-state index contributed by atoms with van der Waals surface area (Å²) in [6, 6.07) is 0. The van der Waals surface area contributed by atoms with Gasteiger partial charge in [0.05, 0.1) is 11.8 Å². The van der Waals surface area contributed by atoms with Gasteiger partial charge in [0.1, 0.15) is 5.82 Å².